The minimum absolute atomic E-state index is 0.127. The van der Waals surface area contributed by atoms with Crippen LogP contribution in [0.3, 0.4) is 0 Å². The summed E-state index contributed by atoms with van der Waals surface area (Å²) >= 11 is 0. The van der Waals surface area contributed by atoms with Gasteiger partial charge in [-0.25, -0.2) is 4.31 Å². The van der Waals surface area contributed by atoms with Crippen LogP contribution in [0.5, 0.6) is 0 Å². The van der Waals surface area contributed by atoms with Crippen molar-refractivity contribution in [2.24, 2.45) is 5.41 Å². The first-order chi connectivity index (χ1) is 8.71. The van der Waals surface area contributed by atoms with E-state index < -0.39 is 9.71 Å². The number of hydrogen-bond donors (Lipinski definition) is 0. The predicted octanol–water partition coefficient (Wildman–Crippen LogP) is 3.10. The van der Waals surface area contributed by atoms with Gasteiger partial charge < -0.3 is 0 Å². The molecule has 0 aromatic carbocycles. The highest BCUT2D eigenvalue weighted by molar-refractivity contribution is 7.97. The van der Waals surface area contributed by atoms with Gasteiger partial charge in [0.15, 0.2) is 0 Å². The van der Waals surface area contributed by atoms with Crippen LogP contribution in [0.25, 0.3) is 0 Å². The third-order valence-corrected chi connectivity index (χ3v) is 5.67. The lowest BCUT2D eigenvalue weighted by Gasteiger charge is -2.41. The second kappa shape index (κ2) is 6.80. The highest BCUT2D eigenvalue weighted by Crippen LogP contribution is 2.24. The molecule has 2 unspecified atom stereocenters. The molecule has 0 aliphatic heterocycles. The molecule has 0 fully saturated rings. The van der Waals surface area contributed by atoms with Gasteiger partial charge in [0, 0.05) is 40.6 Å². The molecule has 2 atom stereocenters. The van der Waals surface area contributed by atoms with E-state index in [0.717, 1.165) is 19.6 Å². The average Bonchev–Trinajstić information content (AvgIpc) is 2.18. The van der Waals surface area contributed by atoms with Gasteiger partial charge in [0.05, 0.1) is 0 Å². The van der Waals surface area contributed by atoms with Crippen molar-refractivity contribution in [2.75, 3.05) is 25.9 Å². The molecule has 4 heteroatoms. The first-order valence-corrected chi connectivity index (χ1v) is 9.64. The van der Waals surface area contributed by atoms with Gasteiger partial charge in [-0.3, -0.25) is 9.11 Å². The molecule has 3 nitrogen and oxygen atoms in total. The molecule has 0 saturated carbocycles. The fourth-order valence-electron chi connectivity index (χ4n) is 2.50. The SMILES string of the molecule is C=S(C)(=O)N(CCN(CC)C(C)C(C)(C)C)C(C)(C)C. The molecule has 0 bridgehead atoms. The largest absolute Gasteiger partial charge is 0.299 e. The summed E-state index contributed by atoms with van der Waals surface area (Å²) in [5.41, 5.74) is 0.124. The van der Waals surface area contributed by atoms with E-state index in [-0.39, 0.29) is 11.0 Å². The molecule has 0 amide bonds. The Morgan fingerprint density at radius 2 is 1.55 bits per heavy atom. The van der Waals surface area contributed by atoms with E-state index in [1.54, 1.807) is 6.26 Å². The first-order valence-electron chi connectivity index (χ1n) is 7.55. The lowest BCUT2D eigenvalue weighted by Crippen LogP contribution is -2.51. The topological polar surface area (TPSA) is 23.6 Å². The molecule has 0 radical (unpaired) electrons. The monoisotopic (exact) mass is 304 g/mol. The van der Waals surface area contributed by atoms with Gasteiger partial charge in [-0.1, -0.05) is 27.7 Å². The standard InChI is InChI=1S/C16H36N2OS/c1-11-17(14(2)15(3,4)5)12-13-18(16(6,7)8)20(9,10)19/h14H,9,11-13H2,1-8,10H3. The van der Waals surface area contributed by atoms with E-state index in [1.807, 2.05) is 4.31 Å². The number of hydrogen-bond acceptors (Lipinski definition) is 2. The molecule has 0 aliphatic rings. The molecular weight excluding hydrogens is 268 g/mol. The van der Waals surface area contributed by atoms with Crippen molar-refractivity contribution in [3.63, 3.8) is 0 Å². The van der Waals surface area contributed by atoms with Gasteiger partial charge in [0.1, 0.15) is 0 Å². The fourth-order valence-corrected chi connectivity index (χ4v) is 4.13. The van der Waals surface area contributed by atoms with E-state index in [4.69, 9.17) is 0 Å². The van der Waals surface area contributed by atoms with Crippen LogP contribution in [0.1, 0.15) is 55.4 Å². The first kappa shape index (κ1) is 19.9. The highest BCUT2D eigenvalue weighted by atomic mass is 32.2. The maximum absolute atomic E-state index is 12.4. The maximum atomic E-state index is 12.4. The Kier molecular flexibility index (Phi) is 6.78. The average molecular weight is 305 g/mol. The number of nitrogens with zero attached hydrogens (tertiary/aromatic N) is 2. The molecule has 0 rings (SSSR count). The molecule has 20 heavy (non-hydrogen) atoms. The van der Waals surface area contributed by atoms with E-state index in [0.29, 0.717) is 6.04 Å². The zero-order valence-electron chi connectivity index (χ0n) is 15.1. The van der Waals surface area contributed by atoms with Crippen molar-refractivity contribution in [1.29, 1.82) is 0 Å². The fraction of sp³-hybridized carbons (Fsp3) is 0.938. The second-order valence-electron chi connectivity index (χ2n) is 7.90. The molecule has 0 aromatic heterocycles. The second-order valence-corrected chi connectivity index (χ2v) is 10.3. The summed E-state index contributed by atoms with van der Waals surface area (Å²) in [6, 6.07) is 0.493. The quantitative estimate of drug-likeness (QED) is 0.704. The van der Waals surface area contributed by atoms with Gasteiger partial charge in [-0.05, 0) is 45.5 Å². The van der Waals surface area contributed by atoms with Crippen LogP contribution < -0.4 is 0 Å². The zero-order valence-corrected chi connectivity index (χ0v) is 15.9. The number of rotatable bonds is 6. The van der Waals surface area contributed by atoms with Crippen LogP contribution >= 0.6 is 0 Å². The lowest BCUT2D eigenvalue weighted by atomic mass is 9.87. The molecular formula is C16H36N2OS. The predicted molar refractivity (Wildman–Crippen MR) is 93.8 cm³/mol. The minimum Gasteiger partial charge on any atom is -0.299 e. The summed E-state index contributed by atoms with van der Waals surface area (Å²) < 4.78 is 14.4. The molecule has 0 saturated heterocycles. The van der Waals surface area contributed by atoms with Gasteiger partial charge in [0.25, 0.3) is 0 Å². The summed E-state index contributed by atoms with van der Waals surface area (Å²) in [5, 5.41) is 0. The maximum Gasteiger partial charge on any atom is 0.0250 e. The van der Waals surface area contributed by atoms with Gasteiger partial charge in [-0.15, -0.1) is 0 Å². The van der Waals surface area contributed by atoms with E-state index in [9.17, 15) is 4.21 Å². The molecule has 0 heterocycles. The smallest absolute Gasteiger partial charge is 0.0250 e. The van der Waals surface area contributed by atoms with Crippen molar-refractivity contribution in [2.45, 2.75) is 67.0 Å². The summed E-state index contributed by atoms with van der Waals surface area (Å²) in [7, 11) is -2.18. The Labute approximate surface area is 127 Å². The molecule has 0 N–H and O–H groups in total. The van der Waals surface area contributed by atoms with Crippen LogP contribution in [0, 0.1) is 5.41 Å². The van der Waals surface area contributed by atoms with Crippen LogP contribution in [-0.2, 0) is 9.71 Å². The Balaban J connectivity index is 4.95. The number of likely N-dealkylation sites (N-methyl/N-ethyl adjacent to an activating group) is 1. The van der Waals surface area contributed by atoms with Crippen LogP contribution in [0.2, 0.25) is 0 Å². The third kappa shape index (κ3) is 6.15. The van der Waals surface area contributed by atoms with Gasteiger partial charge in [-0.2, -0.15) is 0 Å². The zero-order chi connectivity index (χ0) is 16.4. The lowest BCUT2D eigenvalue weighted by molar-refractivity contribution is 0.105. The Hall–Kier alpha value is -0.0600. The Morgan fingerprint density at radius 1 is 1.10 bits per heavy atom. The van der Waals surface area contributed by atoms with Gasteiger partial charge in [0.2, 0.25) is 0 Å². The van der Waals surface area contributed by atoms with Crippen molar-refractivity contribution in [1.82, 2.24) is 9.21 Å². The van der Waals surface area contributed by atoms with Gasteiger partial charge >= 0.3 is 0 Å². The van der Waals surface area contributed by atoms with Crippen LogP contribution in [-0.4, -0.2) is 56.8 Å². The van der Waals surface area contributed by atoms with Crippen molar-refractivity contribution in [3.8, 4) is 0 Å². The van der Waals surface area contributed by atoms with Crippen molar-refractivity contribution < 1.29 is 4.21 Å². The Morgan fingerprint density at radius 3 is 1.80 bits per heavy atom. The molecule has 122 valence electrons. The molecule has 0 spiro atoms. The minimum atomic E-state index is -2.18. The Bertz CT molecular complexity index is 388. The third-order valence-electron chi connectivity index (χ3n) is 4.01. The van der Waals surface area contributed by atoms with E-state index in [1.165, 1.54) is 0 Å². The summed E-state index contributed by atoms with van der Waals surface area (Å²) in [6.07, 6.45) is 1.74. The normalized spacial score (nSPS) is 18.4. The van der Waals surface area contributed by atoms with Crippen LogP contribution in [0.15, 0.2) is 0 Å². The van der Waals surface area contributed by atoms with E-state index >= 15 is 0 Å². The van der Waals surface area contributed by atoms with Crippen LogP contribution in [0.4, 0.5) is 0 Å². The summed E-state index contributed by atoms with van der Waals surface area (Å²) in [6.45, 7) is 20.3. The summed E-state index contributed by atoms with van der Waals surface area (Å²) in [5.74, 6) is 3.87. The van der Waals surface area contributed by atoms with E-state index in [2.05, 4.69) is 66.2 Å². The highest BCUT2D eigenvalue weighted by Gasteiger charge is 2.29. The molecule has 0 aliphatic carbocycles. The van der Waals surface area contributed by atoms with Crippen molar-refractivity contribution in [3.05, 3.63) is 0 Å². The summed E-state index contributed by atoms with van der Waals surface area (Å²) in [4.78, 5) is 2.46. The molecule has 0 aromatic rings. The van der Waals surface area contributed by atoms with Crippen molar-refractivity contribution >= 4 is 15.6 Å².